The average Bonchev–Trinajstić information content (AvgIpc) is 2.91. The summed E-state index contributed by atoms with van der Waals surface area (Å²) >= 11 is 11.4. The maximum atomic E-state index is 6.29. The third-order valence-electron chi connectivity index (χ3n) is 3.17. The first-order valence-corrected chi connectivity index (χ1v) is 7.83. The number of fused-ring (bicyclic) bond motifs is 1. The third-order valence-corrected chi connectivity index (χ3v) is 5.25. The standard InChI is InChI=1S/C13H12BrClN2S/c14-7-4-5-9(15)8(6-7)12(16)13-17-10-2-1-3-11(10)18-13/h4-6,12H,1-3,16H2. The van der Waals surface area contributed by atoms with E-state index in [-0.39, 0.29) is 6.04 Å². The molecule has 1 atom stereocenters. The van der Waals surface area contributed by atoms with Crippen molar-refractivity contribution in [3.05, 3.63) is 48.8 Å². The summed E-state index contributed by atoms with van der Waals surface area (Å²) in [5.74, 6) is 0. The quantitative estimate of drug-likeness (QED) is 0.891. The van der Waals surface area contributed by atoms with E-state index in [1.165, 1.54) is 17.0 Å². The SMILES string of the molecule is NC(c1nc2c(s1)CCC2)c1cc(Br)ccc1Cl. The molecule has 0 radical (unpaired) electrons. The highest BCUT2D eigenvalue weighted by Crippen LogP contribution is 2.35. The Morgan fingerprint density at radius 2 is 2.22 bits per heavy atom. The number of rotatable bonds is 2. The van der Waals surface area contributed by atoms with Gasteiger partial charge in [0.25, 0.3) is 0 Å². The smallest absolute Gasteiger partial charge is 0.114 e. The van der Waals surface area contributed by atoms with Crippen LogP contribution in [-0.4, -0.2) is 4.98 Å². The summed E-state index contributed by atoms with van der Waals surface area (Å²) in [5, 5.41) is 1.67. The Hall–Kier alpha value is -0.420. The fourth-order valence-corrected chi connectivity index (χ4v) is 4.02. The minimum Gasteiger partial charge on any atom is -0.318 e. The van der Waals surface area contributed by atoms with Crippen molar-refractivity contribution in [3.8, 4) is 0 Å². The second kappa shape index (κ2) is 4.93. The summed E-state index contributed by atoms with van der Waals surface area (Å²) in [5.41, 5.74) is 8.45. The zero-order chi connectivity index (χ0) is 12.7. The van der Waals surface area contributed by atoms with Crippen molar-refractivity contribution in [1.82, 2.24) is 4.98 Å². The molecule has 0 aliphatic heterocycles. The van der Waals surface area contributed by atoms with E-state index in [2.05, 4.69) is 20.9 Å². The van der Waals surface area contributed by atoms with Crippen molar-refractivity contribution < 1.29 is 0 Å². The molecule has 0 fully saturated rings. The van der Waals surface area contributed by atoms with Gasteiger partial charge in [-0.05, 0) is 43.0 Å². The molecule has 3 rings (SSSR count). The molecule has 0 saturated carbocycles. The van der Waals surface area contributed by atoms with Gasteiger partial charge >= 0.3 is 0 Å². The van der Waals surface area contributed by atoms with Gasteiger partial charge in [-0.25, -0.2) is 4.98 Å². The maximum absolute atomic E-state index is 6.29. The lowest BCUT2D eigenvalue weighted by Crippen LogP contribution is -2.12. The molecule has 94 valence electrons. The van der Waals surface area contributed by atoms with Gasteiger partial charge in [-0.15, -0.1) is 11.3 Å². The monoisotopic (exact) mass is 342 g/mol. The Balaban J connectivity index is 1.98. The number of aryl methyl sites for hydroxylation is 2. The Morgan fingerprint density at radius 3 is 3.00 bits per heavy atom. The molecule has 2 nitrogen and oxygen atoms in total. The van der Waals surface area contributed by atoms with Crippen molar-refractivity contribution in [1.29, 1.82) is 0 Å². The Bertz CT molecular complexity index is 575. The van der Waals surface area contributed by atoms with E-state index in [0.29, 0.717) is 5.02 Å². The topological polar surface area (TPSA) is 38.9 Å². The molecule has 2 aromatic rings. The van der Waals surface area contributed by atoms with Crippen molar-refractivity contribution in [2.75, 3.05) is 0 Å². The zero-order valence-electron chi connectivity index (χ0n) is 9.62. The summed E-state index contributed by atoms with van der Waals surface area (Å²) < 4.78 is 0.987. The van der Waals surface area contributed by atoms with Crippen molar-refractivity contribution >= 4 is 38.9 Å². The molecule has 0 spiro atoms. The third kappa shape index (κ3) is 2.23. The number of thiazole rings is 1. The molecule has 1 aromatic heterocycles. The lowest BCUT2D eigenvalue weighted by Gasteiger charge is -2.11. The molecule has 0 saturated heterocycles. The Kier molecular flexibility index (Phi) is 3.45. The van der Waals surface area contributed by atoms with Crippen LogP contribution >= 0.6 is 38.9 Å². The second-order valence-corrected chi connectivity index (χ2v) is 6.86. The molecule has 1 aliphatic carbocycles. The fraction of sp³-hybridized carbons (Fsp3) is 0.308. The van der Waals surface area contributed by atoms with Gasteiger partial charge < -0.3 is 5.73 Å². The van der Waals surface area contributed by atoms with Gasteiger partial charge in [0.15, 0.2) is 0 Å². The maximum Gasteiger partial charge on any atom is 0.114 e. The number of aromatic nitrogens is 1. The van der Waals surface area contributed by atoms with Gasteiger partial charge in [-0.1, -0.05) is 27.5 Å². The first-order valence-electron chi connectivity index (χ1n) is 5.84. The molecule has 0 bridgehead atoms. The normalized spacial score (nSPS) is 15.7. The number of hydrogen-bond donors (Lipinski definition) is 1. The van der Waals surface area contributed by atoms with E-state index in [1.807, 2.05) is 18.2 Å². The van der Waals surface area contributed by atoms with E-state index in [9.17, 15) is 0 Å². The molecule has 2 N–H and O–H groups in total. The average molecular weight is 344 g/mol. The van der Waals surface area contributed by atoms with Gasteiger partial charge in [0.2, 0.25) is 0 Å². The van der Waals surface area contributed by atoms with Crippen LogP contribution in [0, 0.1) is 0 Å². The molecule has 1 aliphatic rings. The number of nitrogens with two attached hydrogens (primary N) is 1. The van der Waals surface area contributed by atoms with Gasteiger partial charge in [-0.2, -0.15) is 0 Å². The highest BCUT2D eigenvalue weighted by atomic mass is 79.9. The minimum absolute atomic E-state index is 0.231. The van der Waals surface area contributed by atoms with Crippen LogP contribution in [0.1, 0.15) is 33.6 Å². The van der Waals surface area contributed by atoms with Crippen LogP contribution in [0.25, 0.3) is 0 Å². The van der Waals surface area contributed by atoms with Crippen LogP contribution in [-0.2, 0) is 12.8 Å². The summed E-state index contributed by atoms with van der Waals surface area (Å²) in [4.78, 5) is 6.05. The van der Waals surface area contributed by atoms with Crippen LogP contribution in [0.5, 0.6) is 0 Å². The van der Waals surface area contributed by atoms with Crippen molar-refractivity contribution in [2.24, 2.45) is 5.73 Å². The van der Waals surface area contributed by atoms with Crippen molar-refractivity contribution in [3.63, 3.8) is 0 Å². The second-order valence-electron chi connectivity index (χ2n) is 4.42. The van der Waals surface area contributed by atoms with E-state index in [0.717, 1.165) is 27.9 Å². The summed E-state index contributed by atoms with van der Waals surface area (Å²) in [7, 11) is 0. The predicted octanol–water partition coefficient (Wildman–Crippen LogP) is 4.10. The summed E-state index contributed by atoms with van der Waals surface area (Å²) in [6, 6.07) is 5.52. The lowest BCUT2D eigenvalue weighted by atomic mass is 10.1. The van der Waals surface area contributed by atoms with Crippen LogP contribution in [0.3, 0.4) is 0 Å². The van der Waals surface area contributed by atoms with E-state index >= 15 is 0 Å². The zero-order valence-corrected chi connectivity index (χ0v) is 12.8. The first-order chi connectivity index (χ1) is 8.65. The lowest BCUT2D eigenvalue weighted by molar-refractivity contribution is 0.833. The highest BCUT2D eigenvalue weighted by Gasteiger charge is 2.22. The van der Waals surface area contributed by atoms with E-state index in [4.69, 9.17) is 17.3 Å². The minimum atomic E-state index is -0.231. The molecule has 1 aromatic carbocycles. The number of benzene rings is 1. The molecule has 1 heterocycles. The molecule has 18 heavy (non-hydrogen) atoms. The summed E-state index contributed by atoms with van der Waals surface area (Å²) in [6.45, 7) is 0. The fourth-order valence-electron chi connectivity index (χ4n) is 2.23. The summed E-state index contributed by atoms with van der Waals surface area (Å²) in [6.07, 6.45) is 3.46. The number of hydrogen-bond acceptors (Lipinski definition) is 3. The molecular formula is C13H12BrClN2S. The van der Waals surface area contributed by atoms with Crippen LogP contribution in [0.2, 0.25) is 5.02 Å². The highest BCUT2D eigenvalue weighted by molar-refractivity contribution is 9.10. The van der Waals surface area contributed by atoms with Gasteiger partial charge in [0.1, 0.15) is 5.01 Å². The van der Waals surface area contributed by atoms with E-state index < -0.39 is 0 Å². The molecule has 0 amide bonds. The van der Waals surface area contributed by atoms with E-state index in [1.54, 1.807) is 11.3 Å². The predicted molar refractivity (Wildman–Crippen MR) is 79.3 cm³/mol. The molecule has 5 heteroatoms. The number of nitrogens with zero attached hydrogens (tertiary/aromatic N) is 1. The van der Waals surface area contributed by atoms with Gasteiger partial charge in [-0.3, -0.25) is 0 Å². The first kappa shape index (κ1) is 12.6. The Labute approximate surface area is 123 Å². The Morgan fingerprint density at radius 1 is 1.39 bits per heavy atom. The molecular weight excluding hydrogens is 332 g/mol. The van der Waals surface area contributed by atoms with Crippen LogP contribution in [0.4, 0.5) is 0 Å². The van der Waals surface area contributed by atoms with Crippen LogP contribution < -0.4 is 5.73 Å². The van der Waals surface area contributed by atoms with Gasteiger partial charge in [0.05, 0.1) is 11.7 Å². The largest absolute Gasteiger partial charge is 0.318 e. The van der Waals surface area contributed by atoms with Crippen LogP contribution in [0.15, 0.2) is 22.7 Å². The van der Waals surface area contributed by atoms with Gasteiger partial charge in [0, 0.05) is 14.4 Å². The van der Waals surface area contributed by atoms with Crippen molar-refractivity contribution in [2.45, 2.75) is 25.3 Å². The molecule has 1 unspecified atom stereocenters. The number of halogens is 2.